The van der Waals surface area contributed by atoms with E-state index in [0.717, 1.165) is 29.2 Å². The van der Waals surface area contributed by atoms with E-state index in [4.69, 9.17) is 0 Å². The van der Waals surface area contributed by atoms with Crippen LogP contribution >= 0.6 is 18.1 Å². The molecule has 1 amide bonds. The quantitative estimate of drug-likeness (QED) is 0.306. The molecule has 0 bridgehead atoms. The van der Waals surface area contributed by atoms with Crippen LogP contribution in [0, 0.1) is 11.3 Å². The van der Waals surface area contributed by atoms with Gasteiger partial charge in [0.2, 0.25) is 0 Å². The number of nitrogens with zero attached hydrogens (tertiary/aromatic N) is 1. The van der Waals surface area contributed by atoms with Crippen molar-refractivity contribution in [3.63, 3.8) is 0 Å². The van der Waals surface area contributed by atoms with E-state index in [1.165, 1.54) is 0 Å². The zero-order valence-corrected chi connectivity index (χ0v) is 21.9. The number of hydrogen-bond acceptors (Lipinski definition) is 2. The van der Waals surface area contributed by atoms with Gasteiger partial charge in [-0.25, -0.2) is 0 Å². The summed E-state index contributed by atoms with van der Waals surface area (Å²) in [5, 5.41) is 5.28. The molecule has 1 unspecified atom stereocenters. The van der Waals surface area contributed by atoms with Crippen molar-refractivity contribution >= 4 is 29.4 Å². The first-order chi connectivity index (χ1) is 16.3. The number of nitrogens with one attached hydrogen (secondary N) is 2. The number of amides is 1. The molecule has 0 saturated carbocycles. The van der Waals surface area contributed by atoms with E-state index in [1.54, 1.807) is 0 Å². The van der Waals surface area contributed by atoms with E-state index >= 15 is 0 Å². The van der Waals surface area contributed by atoms with Crippen molar-refractivity contribution in [1.82, 2.24) is 15.5 Å². The summed E-state index contributed by atoms with van der Waals surface area (Å²) < 4.78 is 106. The highest BCUT2D eigenvalue weighted by Gasteiger charge is 2.49. The van der Waals surface area contributed by atoms with Gasteiger partial charge in [0.25, 0.3) is 11.6 Å². The third-order valence-corrected chi connectivity index (χ3v) is 7.36. The van der Waals surface area contributed by atoms with E-state index in [2.05, 4.69) is 19.5 Å². The maximum absolute atomic E-state index is 13.6. The van der Waals surface area contributed by atoms with E-state index in [1.807, 2.05) is 4.90 Å². The second-order valence-corrected chi connectivity index (χ2v) is 10.6. The molecule has 36 heavy (non-hydrogen) atoms. The minimum Gasteiger partial charge on any atom is -0.352 e. The van der Waals surface area contributed by atoms with Gasteiger partial charge >= 0.3 is 12.4 Å². The lowest BCUT2D eigenvalue weighted by atomic mass is 9.92. The molecule has 1 heterocycles. The number of alkyl halides is 8. The van der Waals surface area contributed by atoms with Crippen LogP contribution in [-0.2, 0) is 11.8 Å². The van der Waals surface area contributed by atoms with Gasteiger partial charge in [-0.3, -0.25) is 10.1 Å². The Morgan fingerprint density at radius 3 is 2.06 bits per heavy atom. The second kappa shape index (κ2) is 11.6. The van der Waals surface area contributed by atoms with Gasteiger partial charge in [0.15, 0.2) is 0 Å². The second-order valence-electron chi connectivity index (χ2n) is 9.34. The predicted molar refractivity (Wildman–Crippen MR) is 128 cm³/mol. The molecule has 1 atom stereocenters. The van der Waals surface area contributed by atoms with Crippen LogP contribution in [0.25, 0.3) is 0 Å². The molecule has 0 aliphatic carbocycles. The molecule has 1 saturated heterocycles. The maximum atomic E-state index is 13.6. The molecule has 1 aliphatic heterocycles. The highest BCUT2D eigenvalue weighted by Crippen LogP contribution is 2.40. The molecule has 0 spiro atoms. The summed E-state index contributed by atoms with van der Waals surface area (Å²) in [7, 11) is 4.19. The van der Waals surface area contributed by atoms with Gasteiger partial charge in [0.1, 0.15) is 0 Å². The molecule has 1 aromatic carbocycles. The number of hydrogen-bond donors (Lipinski definition) is 2. The Labute approximate surface area is 209 Å². The first kappa shape index (κ1) is 30.9. The third kappa shape index (κ3) is 8.33. The van der Waals surface area contributed by atoms with Crippen LogP contribution in [0.4, 0.5) is 35.1 Å². The van der Waals surface area contributed by atoms with Crippen molar-refractivity contribution in [1.29, 1.82) is 0 Å². The Balaban J connectivity index is 1.85. The number of piperidine rings is 1. The van der Waals surface area contributed by atoms with Gasteiger partial charge in [0, 0.05) is 36.2 Å². The Kier molecular flexibility index (Phi) is 9.93. The van der Waals surface area contributed by atoms with Crippen molar-refractivity contribution in [2.45, 2.75) is 44.7 Å². The van der Waals surface area contributed by atoms with Crippen molar-refractivity contribution in [2.75, 3.05) is 32.7 Å². The molecule has 0 aromatic heterocycles. The number of carbonyl (C=O) groups excluding carboxylic acids is 1. The molecule has 4 nitrogen and oxygen atoms in total. The molecule has 1 aromatic rings. The normalized spacial score (nSPS) is 16.8. The molecule has 204 valence electrons. The highest BCUT2D eigenvalue weighted by molar-refractivity contribution is 7.21. The first-order valence-corrected chi connectivity index (χ1v) is 12.2. The SMILES string of the molecule is CC(C)(C(=P)NCCN1CCC(CNC(=O)c2cc(C(F)(F)F)cc(C(F)(F)P)c2)CC1)C(F)(F)F. The molecule has 2 rings (SSSR count). The van der Waals surface area contributed by atoms with Crippen molar-refractivity contribution in [3.8, 4) is 0 Å². The lowest BCUT2D eigenvalue weighted by Crippen LogP contribution is -2.48. The molecule has 1 aliphatic rings. The zero-order valence-electron chi connectivity index (χ0n) is 19.7. The molecule has 2 N–H and O–H groups in total. The Morgan fingerprint density at radius 1 is 1.00 bits per heavy atom. The summed E-state index contributed by atoms with van der Waals surface area (Å²) in [6, 6.07) is 1.59. The zero-order chi connectivity index (χ0) is 27.5. The first-order valence-electron chi connectivity index (χ1n) is 11.1. The van der Waals surface area contributed by atoms with E-state index in [-0.39, 0.29) is 24.4 Å². The van der Waals surface area contributed by atoms with Crippen LogP contribution in [0.1, 0.15) is 48.2 Å². The fraction of sp³-hybridized carbons (Fsp3) is 0.636. The molecule has 1 fully saturated rings. The summed E-state index contributed by atoms with van der Waals surface area (Å²) >= 11 is 0. The Hall–Kier alpha value is -1.35. The predicted octanol–water partition coefficient (Wildman–Crippen LogP) is 5.52. The van der Waals surface area contributed by atoms with E-state index in [9.17, 15) is 39.9 Å². The van der Waals surface area contributed by atoms with Crippen LogP contribution in [0.2, 0.25) is 0 Å². The summed E-state index contributed by atoms with van der Waals surface area (Å²) in [6.07, 6.45) is -8.00. The average Bonchev–Trinajstić information content (AvgIpc) is 2.76. The molecular weight excluding hydrogens is 536 g/mol. The van der Waals surface area contributed by atoms with Gasteiger partial charge in [-0.15, -0.1) is 8.86 Å². The summed E-state index contributed by atoms with van der Waals surface area (Å²) in [5.74, 6) is -0.857. The lowest BCUT2D eigenvalue weighted by Gasteiger charge is -2.33. The molecular formula is C22H29F8N3OP2. The standard InChI is InChI=1S/C22H29F8N3OP2/c1-19(2,22(28,29)30)18(35)31-5-8-33-6-3-13(4-7-33)12-32-17(34)14-9-15(20(23,24)25)11-16(10-14)21(26,27)36/h9-11,13,31,35H,3-8,12,36H2,1-2H3,(H,32,34). The maximum Gasteiger partial charge on any atom is 0.416 e. The number of halogens is 8. The van der Waals surface area contributed by atoms with Crippen LogP contribution < -0.4 is 10.6 Å². The lowest BCUT2D eigenvalue weighted by molar-refractivity contribution is -0.186. The van der Waals surface area contributed by atoms with Crippen LogP contribution in [0.5, 0.6) is 0 Å². The molecule has 14 heteroatoms. The van der Waals surface area contributed by atoms with Crippen molar-refractivity contribution < 1.29 is 39.9 Å². The monoisotopic (exact) mass is 565 g/mol. The largest absolute Gasteiger partial charge is 0.416 e. The fourth-order valence-corrected chi connectivity index (χ4v) is 4.00. The smallest absolute Gasteiger partial charge is 0.352 e. The number of likely N-dealkylation sites (tertiary alicyclic amines) is 1. The Morgan fingerprint density at radius 2 is 1.56 bits per heavy atom. The average molecular weight is 565 g/mol. The van der Waals surface area contributed by atoms with Gasteiger partial charge in [-0.05, 0) is 63.9 Å². The van der Waals surface area contributed by atoms with Gasteiger partial charge < -0.3 is 10.2 Å². The van der Waals surface area contributed by atoms with E-state index < -0.39 is 46.0 Å². The van der Waals surface area contributed by atoms with Crippen molar-refractivity contribution in [2.24, 2.45) is 11.3 Å². The summed E-state index contributed by atoms with van der Waals surface area (Å²) in [4.78, 5) is 14.5. The van der Waals surface area contributed by atoms with Gasteiger partial charge in [0.05, 0.1) is 11.0 Å². The Bertz CT molecular complexity index is 904. The molecule has 0 radical (unpaired) electrons. The topological polar surface area (TPSA) is 44.4 Å². The number of rotatable bonds is 9. The summed E-state index contributed by atoms with van der Waals surface area (Å²) in [6.45, 7) is 4.32. The van der Waals surface area contributed by atoms with Crippen LogP contribution in [0.3, 0.4) is 0 Å². The number of benzene rings is 1. The third-order valence-electron chi connectivity index (χ3n) is 6.23. The van der Waals surface area contributed by atoms with Crippen LogP contribution in [-0.4, -0.2) is 55.1 Å². The number of carbonyl (C=O) groups is 1. The minimum absolute atomic E-state index is 0.0219. The fourth-order valence-electron chi connectivity index (χ4n) is 3.57. The van der Waals surface area contributed by atoms with Crippen molar-refractivity contribution in [3.05, 3.63) is 34.9 Å². The van der Waals surface area contributed by atoms with Gasteiger partial charge in [-0.1, -0.05) is 9.24 Å². The minimum atomic E-state index is -4.89. The summed E-state index contributed by atoms with van der Waals surface area (Å²) in [5.41, 5.74) is -8.51. The van der Waals surface area contributed by atoms with Gasteiger partial charge in [-0.2, -0.15) is 35.1 Å². The van der Waals surface area contributed by atoms with Crippen LogP contribution in [0.15, 0.2) is 18.2 Å². The highest BCUT2D eigenvalue weighted by atomic mass is 31.0. The van der Waals surface area contributed by atoms with E-state index in [0.29, 0.717) is 44.6 Å².